The largest absolute Gasteiger partial charge is 0.212 e. The van der Waals surface area contributed by atoms with Crippen LogP contribution in [0, 0.1) is 6.92 Å². The molecule has 1 heteroatoms. The van der Waals surface area contributed by atoms with E-state index in [-0.39, 0.29) is 0 Å². The van der Waals surface area contributed by atoms with E-state index in [1.54, 1.807) is 11.1 Å². The summed E-state index contributed by atoms with van der Waals surface area (Å²) in [6.07, 6.45) is 5.97. The van der Waals surface area contributed by atoms with E-state index in [2.05, 4.69) is 68.9 Å². The zero-order chi connectivity index (χ0) is 14.3. The van der Waals surface area contributed by atoms with Gasteiger partial charge in [-0.2, -0.15) is 0 Å². The van der Waals surface area contributed by atoms with Crippen molar-refractivity contribution in [2.24, 2.45) is 7.05 Å². The lowest BCUT2D eigenvalue weighted by Crippen LogP contribution is -2.30. The smallest absolute Gasteiger partial charge is 0.201 e. The Bertz CT molecular complexity index is 653. The highest BCUT2D eigenvalue weighted by Gasteiger charge is 2.29. The predicted molar refractivity (Wildman–Crippen MR) is 83.8 cm³/mol. The van der Waals surface area contributed by atoms with Crippen LogP contribution in [0.1, 0.15) is 43.4 Å². The van der Waals surface area contributed by atoms with Crippen molar-refractivity contribution in [1.82, 2.24) is 0 Å². The van der Waals surface area contributed by atoms with Crippen LogP contribution >= 0.6 is 0 Å². The lowest BCUT2D eigenvalue weighted by molar-refractivity contribution is -0.660. The van der Waals surface area contributed by atoms with Crippen molar-refractivity contribution in [2.45, 2.75) is 45.4 Å². The van der Waals surface area contributed by atoms with Crippen LogP contribution < -0.4 is 4.57 Å². The Hall–Kier alpha value is -1.63. The summed E-state index contributed by atoms with van der Waals surface area (Å²) in [6.45, 7) is 7.01. The summed E-state index contributed by atoms with van der Waals surface area (Å²) < 4.78 is 2.21. The topological polar surface area (TPSA) is 3.88 Å². The molecular weight excluding hydrogens is 242 g/mol. The van der Waals surface area contributed by atoms with Crippen LogP contribution in [0.3, 0.4) is 0 Å². The van der Waals surface area contributed by atoms with Gasteiger partial charge in [0.1, 0.15) is 7.05 Å². The van der Waals surface area contributed by atoms with Crippen molar-refractivity contribution in [3.63, 3.8) is 0 Å². The van der Waals surface area contributed by atoms with Crippen molar-refractivity contribution in [2.75, 3.05) is 0 Å². The summed E-state index contributed by atoms with van der Waals surface area (Å²) in [6, 6.07) is 11.3. The van der Waals surface area contributed by atoms with Crippen LogP contribution in [-0.2, 0) is 18.9 Å². The molecule has 3 rings (SSSR count). The Kier molecular flexibility index (Phi) is 3.16. The van der Waals surface area contributed by atoms with E-state index >= 15 is 0 Å². The van der Waals surface area contributed by atoms with E-state index in [9.17, 15) is 0 Å². The number of aryl methyl sites for hydroxylation is 3. The molecule has 104 valence electrons. The average Bonchev–Trinajstić information content (AvgIpc) is 2.39. The van der Waals surface area contributed by atoms with Gasteiger partial charge in [-0.15, -0.1) is 0 Å². The first kappa shape index (κ1) is 13.4. The second-order valence-corrected chi connectivity index (χ2v) is 6.76. The molecule has 0 fully saturated rings. The molecular formula is C19H24N+. The molecule has 20 heavy (non-hydrogen) atoms. The summed E-state index contributed by atoms with van der Waals surface area (Å²) in [5, 5.41) is 0. The molecule has 1 aromatic carbocycles. The quantitative estimate of drug-likeness (QED) is 0.684. The van der Waals surface area contributed by atoms with Crippen molar-refractivity contribution >= 4 is 0 Å². The van der Waals surface area contributed by atoms with Gasteiger partial charge in [-0.3, -0.25) is 0 Å². The molecule has 0 N–H and O–H groups in total. The molecule has 2 aromatic rings. The van der Waals surface area contributed by atoms with Crippen molar-refractivity contribution < 1.29 is 4.57 Å². The molecule has 1 aliphatic rings. The fourth-order valence-corrected chi connectivity index (χ4v) is 3.54. The third kappa shape index (κ3) is 2.15. The third-order valence-corrected chi connectivity index (χ3v) is 4.76. The Labute approximate surface area is 122 Å². The lowest BCUT2D eigenvalue weighted by Gasteiger charge is -2.33. The zero-order valence-corrected chi connectivity index (χ0v) is 13.0. The minimum Gasteiger partial charge on any atom is -0.201 e. The maximum atomic E-state index is 2.44. The molecule has 0 saturated carbocycles. The molecule has 0 saturated heterocycles. The Balaban J connectivity index is 2.21. The van der Waals surface area contributed by atoms with Crippen molar-refractivity contribution in [3.8, 4) is 11.3 Å². The predicted octanol–water partition coefficient (Wildman–Crippen LogP) is 4.10. The van der Waals surface area contributed by atoms with Gasteiger partial charge < -0.3 is 0 Å². The molecule has 0 spiro atoms. The minimum atomic E-state index is 0.309. The van der Waals surface area contributed by atoms with Gasteiger partial charge in [0.25, 0.3) is 0 Å². The van der Waals surface area contributed by atoms with Gasteiger partial charge >= 0.3 is 0 Å². The first-order valence-corrected chi connectivity index (χ1v) is 7.58. The van der Waals surface area contributed by atoms with Crippen LogP contribution in [0.5, 0.6) is 0 Å². The maximum absolute atomic E-state index is 2.44. The van der Waals surface area contributed by atoms with E-state index in [1.165, 1.54) is 36.1 Å². The standard InChI is InChI=1S/C19H24N/c1-14-12-15-8-7-10-19(2,3)17(15)13-16(14)18-9-5-6-11-20(18)4/h5-6,9,11-13H,7-8,10H2,1-4H3/q+1. The molecule has 0 atom stereocenters. The van der Waals surface area contributed by atoms with Crippen LogP contribution in [0.25, 0.3) is 11.3 Å². The fourth-order valence-electron chi connectivity index (χ4n) is 3.54. The van der Waals surface area contributed by atoms with Gasteiger partial charge in [0.2, 0.25) is 5.69 Å². The highest BCUT2D eigenvalue weighted by Crippen LogP contribution is 2.39. The van der Waals surface area contributed by atoms with Gasteiger partial charge in [-0.1, -0.05) is 19.9 Å². The average molecular weight is 266 g/mol. The van der Waals surface area contributed by atoms with Gasteiger partial charge in [-0.25, -0.2) is 4.57 Å². The Morgan fingerprint density at radius 3 is 2.70 bits per heavy atom. The Morgan fingerprint density at radius 2 is 1.95 bits per heavy atom. The summed E-state index contributed by atoms with van der Waals surface area (Å²) in [5.74, 6) is 0. The second kappa shape index (κ2) is 4.73. The van der Waals surface area contributed by atoms with Gasteiger partial charge in [-0.05, 0) is 60.4 Å². The van der Waals surface area contributed by atoms with Crippen LogP contribution in [0.15, 0.2) is 36.5 Å². The van der Waals surface area contributed by atoms with E-state index < -0.39 is 0 Å². The number of aromatic nitrogens is 1. The number of fused-ring (bicyclic) bond motifs is 1. The van der Waals surface area contributed by atoms with Gasteiger partial charge in [0, 0.05) is 17.7 Å². The highest BCUT2D eigenvalue weighted by molar-refractivity contribution is 5.64. The van der Waals surface area contributed by atoms with E-state index in [4.69, 9.17) is 0 Å². The number of pyridine rings is 1. The zero-order valence-electron chi connectivity index (χ0n) is 13.0. The highest BCUT2D eigenvalue weighted by atomic mass is 14.9. The van der Waals surface area contributed by atoms with Gasteiger partial charge in [0.15, 0.2) is 6.20 Å². The second-order valence-electron chi connectivity index (χ2n) is 6.76. The molecule has 1 heterocycles. The molecule has 1 aliphatic carbocycles. The Morgan fingerprint density at radius 1 is 1.15 bits per heavy atom. The maximum Gasteiger partial charge on any atom is 0.212 e. The summed E-state index contributed by atoms with van der Waals surface area (Å²) in [7, 11) is 2.12. The number of hydrogen-bond donors (Lipinski definition) is 0. The number of rotatable bonds is 1. The van der Waals surface area contributed by atoms with Crippen molar-refractivity contribution in [3.05, 3.63) is 53.2 Å². The molecule has 0 aliphatic heterocycles. The SMILES string of the molecule is Cc1cc2c(cc1-c1cccc[n+]1C)C(C)(C)CCC2. The minimum absolute atomic E-state index is 0.309. The number of hydrogen-bond acceptors (Lipinski definition) is 0. The van der Waals surface area contributed by atoms with E-state index in [0.29, 0.717) is 5.41 Å². The number of benzene rings is 1. The molecule has 0 bridgehead atoms. The summed E-state index contributed by atoms with van der Waals surface area (Å²) in [5.41, 5.74) is 7.48. The van der Waals surface area contributed by atoms with E-state index in [0.717, 1.165) is 0 Å². The van der Waals surface area contributed by atoms with Crippen LogP contribution in [0.4, 0.5) is 0 Å². The van der Waals surface area contributed by atoms with Crippen LogP contribution in [0.2, 0.25) is 0 Å². The van der Waals surface area contributed by atoms with Crippen molar-refractivity contribution in [1.29, 1.82) is 0 Å². The molecule has 0 unspecified atom stereocenters. The summed E-state index contributed by atoms with van der Waals surface area (Å²) in [4.78, 5) is 0. The first-order chi connectivity index (χ1) is 9.49. The van der Waals surface area contributed by atoms with Gasteiger partial charge in [0.05, 0.1) is 0 Å². The lowest BCUT2D eigenvalue weighted by atomic mass is 9.71. The molecule has 0 amide bonds. The molecule has 0 radical (unpaired) electrons. The molecule has 1 nitrogen and oxygen atoms in total. The fraction of sp³-hybridized carbons (Fsp3) is 0.421. The van der Waals surface area contributed by atoms with E-state index in [1.807, 2.05) is 0 Å². The third-order valence-electron chi connectivity index (χ3n) is 4.76. The monoisotopic (exact) mass is 266 g/mol. The normalized spacial score (nSPS) is 16.8. The number of nitrogens with zero attached hydrogens (tertiary/aromatic N) is 1. The first-order valence-electron chi connectivity index (χ1n) is 7.58. The summed E-state index contributed by atoms with van der Waals surface area (Å²) >= 11 is 0. The van der Waals surface area contributed by atoms with Crippen LogP contribution in [-0.4, -0.2) is 0 Å². The molecule has 1 aromatic heterocycles.